The highest BCUT2D eigenvalue weighted by Crippen LogP contribution is 2.26. The van der Waals surface area contributed by atoms with Crippen LogP contribution in [0.4, 0.5) is 0 Å². The fourth-order valence-corrected chi connectivity index (χ4v) is 4.69. The minimum absolute atomic E-state index is 0.261. The molecule has 0 saturated carbocycles. The van der Waals surface area contributed by atoms with E-state index >= 15 is 0 Å². The zero-order chi connectivity index (χ0) is 21.3. The Labute approximate surface area is 183 Å². The van der Waals surface area contributed by atoms with Gasteiger partial charge in [-0.3, -0.25) is 4.90 Å². The number of thiophene rings is 1. The molecule has 3 rings (SSSR count). The van der Waals surface area contributed by atoms with Crippen molar-refractivity contribution < 1.29 is 9.26 Å². The molecule has 0 amide bonds. The molecule has 1 fully saturated rings. The Balaban J connectivity index is 1.71. The summed E-state index contributed by atoms with van der Waals surface area (Å²) in [6, 6.07) is 4.65. The van der Waals surface area contributed by atoms with Gasteiger partial charge in [-0.25, -0.2) is 4.99 Å². The largest absolute Gasteiger partial charge is 0.376 e. The predicted molar refractivity (Wildman–Crippen MR) is 122 cm³/mol. The Morgan fingerprint density at radius 2 is 2.20 bits per heavy atom. The van der Waals surface area contributed by atoms with Gasteiger partial charge in [0.15, 0.2) is 5.96 Å². The third-order valence-corrected chi connectivity index (χ3v) is 6.37. The highest BCUT2D eigenvalue weighted by atomic mass is 32.1. The fraction of sp³-hybridized carbons (Fsp3) is 0.636. The Bertz CT molecular complexity index is 768. The molecule has 2 N–H and O–H groups in total. The van der Waals surface area contributed by atoms with Crippen LogP contribution in [0.25, 0.3) is 0 Å². The monoisotopic (exact) mass is 433 g/mol. The number of aliphatic imine (C=N–C) groups is 1. The number of ether oxygens (including phenoxy) is 1. The average Bonchev–Trinajstić information content (AvgIpc) is 3.41. The van der Waals surface area contributed by atoms with Gasteiger partial charge in [-0.05, 0) is 31.7 Å². The normalized spacial score (nSPS) is 19.1. The van der Waals surface area contributed by atoms with Gasteiger partial charge in [0.25, 0.3) is 0 Å². The summed E-state index contributed by atoms with van der Waals surface area (Å²) in [4.78, 5) is 8.72. The van der Waals surface area contributed by atoms with Crippen LogP contribution in [0.5, 0.6) is 0 Å². The summed E-state index contributed by atoms with van der Waals surface area (Å²) in [5, 5.41) is 13.3. The van der Waals surface area contributed by atoms with E-state index in [0.29, 0.717) is 12.6 Å². The summed E-state index contributed by atoms with van der Waals surface area (Å²) >= 11 is 1.81. The van der Waals surface area contributed by atoms with Crippen molar-refractivity contribution in [2.24, 2.45) is 4.99 Å². The summed E-state index contributed by atoms with van der Waals surface area (Å²) in [6.07, 6.45) is 1.95. The van der Waals surface area contributed by atoms with E-state index in [2.05, 4.69) is 65.9 Å². The molecule has 1 saturated heterocycles. The number of morpholine rings is 1. The molecule has 1 aliphatic rings. The number of nitrogens with zero attached hydrogens (tertiary/aromatic N) is 3. The van der Waals surface area contributed by atoms with E-state index in [1.165, 1.54) is 4.88 Å². The quantitative estimate of drug-likeness (QED) is 0.466. The van der Waals surface area contributed by atoms with Crippen molar-refractivity contribution in [3.63, 3.8) is 0 Å². The first kappa shape index (κ1) is 22.8. The summed E-state index contributed by atoms with van der Waals surface area (Å²) in [5.41, 5.74) is 2.12. The van der Waals surface area contributed by atoms with Crippen molar-refractivity contribution in [1.29, 1.82) is 0 Å². The van der Waals surface area contributed by atoms with Crippen LogP contribution in [0.3, 0.4) is 0 Å². The average molecular weight is 434 g/mol. The highest BCUT2D eigenvalue weighted by Gasteiger charge is 2.26. The van der Waals surface area contributed by atoms with Crippen LogP contribution in [0, 0.1) is 0 Å². The second-order valence-corrected chi connectivity index (χ2v) is 8.50. The standard InChI is InChI=1S/C22H35N5O2S/c1-5-18-17(20(6-2)29-26-18)13-24-22(23-7-3)25-14-19(21-9-8-12-30-21)27-10-11-28-16(4)15-27/h8-9,12,16,19H,5-7,10-11,13-15H2,1-4H3,(H2,23,24,25). The molecule has 166 valence electrons. The molecule has 1 aliphatic heterocycles. The van der Waals surface area contributed by atoms with Gasteiger partial charge >= 0.3 is 0 Å². The number of hydrogen-bond acceptors (Lipinski definition) is 6. The van der Waals surface area contributed by atoms with Crippen LogP contribution < -0.4 is 10.6 Å². The molecule has 0 radical (unpaired) electrons. The van der Waals surface area contributed by atoms with E-state index in [4.69, 9.17) is 14.3 Å². The molecule has 3 heterocycles. The van der Waals surface area contributed by atoms with Gasteiger partial charge in [-0.1, -0.05) is 25.1 Å². The molecule has 0 bridgehead atoms. The van der Waals surface area contributed by atoms with E-state index in [1.807, 2.05) is 11.3 Å². The number of hydrogen-bond donors (Lipinski definition) is 2. The second kappa shape index (κ2) is 11.5. The summed E-state index contributed by atoms with van der Waals surface area (Å²) in [6.45, 7) is 13.3. The minimum atomic E-state index is 0.261. The number of guanidine groups is 1. The van der Waals surface area contributed by atoms with Crippen molar-refractivity contribution in [1.82, 2.24) is 20.7 Å². The van der Waals surface area contributed by atoms with Crippen molar-refractivity contribution >= 4 is 17.3 Å². The van der Waals surface area contributed by atoms with E-state index in [9.17, 15) is 0 Å². The summed E-state index contributed by atoms with van der Waals surface area (Å²) in [7, 11) is 0. The molecule has 2 aromatic rings. The first-order valence-electron chi connectivity index (χ1n) is 11.0. The molecule has 0 spiro atoms. The molecule has 8 heteroatoms. The lowest BCUT2D eigenvalue weighted by Crippen LogP contribution is -2.48. The van der Waals surface area contributed by atoms with Crippen molar-refractivity contribution in [3.05, 3.63) is 39.4 Å². The maximum absolute atomic E-state index is 5.75. The Morgan fingerprint density at radius 1 is 1.33 bits per heavy atom. The van der Waals surface area contributed by atoms with Crippen LogP contribution in [0.1, 0.15) is 55.6 Å². The predicted octanol–water partition coefficient (Wildman–Crippen LogP) is 3.38. The lowest BCUT2D eigenvalue weighted by molar-refractivity contribution is -0.0334. The molecule has 2 unspecified atom stereocenters. The van der Waals surface area contributed by atoms with Gasteiger partial charge in [0, 0.05) is 43.0 Å². The van der Waals surface area contributed by atoms with Crippen LogP contribution in [0.15, 0.2) is 27.0 Å². The molecule has 2 atom stereocenters. The third-order valence-electron chi connectivity index (χ3n) is 5.39. The highest BCUT2D eigenvalue weighted by molar-refractivity contribution is 7.10. The van der Waals surface area contributed by atoms with E-state index in [1.54, 1.807) is 0 Å². The first-order chi connectivity index (χ1) is 14.7. The van der Waals surface area contributed by atoms with Crippen molar-refractivity contribution in [3.8, 4) is 0 Å². The molecular weight excluding hydrogens is 398 g/mol. The number of aromatic nitrogens is 1. The van der Waals surface area contributed by atoms with Crippen molar-refractivity contribution in [2.45, 2.75) is 59.2 Å². The summed E-state index contributed by atoms with van der Waals surface area (Å²) in [5.74, 6) is 1.76. The van der Waals surface area contributed by atoms with E-state index in [0.717, 1.165) is 68.6 Å². The van der Waals surface area contributed by atoms with E-state index in [-0.39, 0.29) is 6.10 Å². The fourth-order valence-electron chi connectivity index (χ4n) is 3.83. The Hall–Kier alpha value is -1.90. The lowest BCUT2D eigenvalue weighted by atomic mass is 10.1. The number of aryl methyl sites for hydroxylation is 2. The second-order valence-electron chi connectivity index (χ2n) is 7.52. The van der Waals surface area contributed by atoms with Gasteiger partial charge in [0.05, 0.1) is 31.0 Å². The van der Waals surface area contributed by atoms with E-state index < -0.39 is 0 Å². The van der Waals surface area contributed by atoms with Gasteiger partial charge < -0.3 is 19.9 Å². The van der Waals surface area contributed by atoms with Crippen LogP contribution in [0.2, 0.25) is 0 Å². The first-order valence-corrected chi connectivity index (χ1v) is 11.9. The summed E-state index contributed by atoms with van der Waals surface area (Å²) < 4.78 is 11.2. The minimum Gasteiger partial charge on any atom is -0.376 e. The molecular formula is C22H35N5O2S. The van der Waals surface area contributed by atoms with Gasteiger partial charge in [0.1, 0.15) is 5.76 Å². The zero-order valence-corrected chi connectivity index (χ0v) is 19.4. The Kier molecular flexibility index (Phi) is 8.72. The lowest BCUT2D eigenvalue weighted by Gasteiger charge is -2.37. The SMILES string of the molecule is CCNC(=NCc1c(CC)noc1CC)NCC(c1cccs1)N1CCOC(C)C1. The molecule has 0 aromatic carbocycles. The molecule has 2 aromatic heterocycles. The van der Waals surface area contributed by atoms with Gasteiger partial charge in [-0.15, -0.1) is 11.3 Å². The van der Waals surface area contributed by atoms with Crippen molar-refractivity contribution in [2.75, 3.05) is 32.8 Å². The smallest absolute Gasteiger partial charge is 0.191 e. The topological polar surface area (TPSA) is 74.9 Å². The Morgan fingerprint density at radius 3 is 2.87 bits per heavy atom. The maximum Gasteiger partial charge on any atom is 0.191 e. The van der Waals surface area contributed by atoms with Crippen LogP contribution in [-0.4, -0.2) is 54.9 Å². The molecule has 30 heavy (non-hydrogen) atoms. The zero-order valence-electron chi connectivity index (χ0n) is 18.6. The van der Waals surface area contributed by atoms with Gasteiger partial charge in [-0.2, -0.15) is 0 Å². The van der Waals surface area contributed by atoms with Crippen LogP contribution in [-0.2, 0) is 24.1 Å². The van der Waals surface area contributed by atoms with Gasteiger partial charge in [0.2, 0.25) is 0 Å². The maximum atomic E-state index is 5.75. The van der Waals surface area contributed by atoms with Crippen LogP contribution >= 0.6 is 11.3 Å². The number of rotatable bonds is 9. The number of nitrogens with one attached hydrogen (secondary N) is 2. The molecule has 0 aliphatic carbocycles. The third kappa shape index (κ3) is 5.83. The molecule has 7 nitrogen and oxygen atoms in total.